The van der Waals surface area contributed by atoms with Crippen molar-refractivity contribution >= 4 is 11.8 Å². The fourth-order valence-corrected chi connectivity index (χ4v) is 4.83. The van der Waals surface area contributed by atoms with E-state index in [0.717, 1.165) is 19.3 Å². The molecule has 0 spiro atoms. The van der Waals surface area contributed by atoms with E-state index in [4.69, 9.17) is 4.74 Å². The molecule has 2 saturated carbocycles. The maximum Gasteiger partial charge on any atom is 0.306 e. The molecule has 0 aromatic carbocycles. The molecular formula is C15H22O4. The topological polar surface area (TPSA) is 63.6 Å². The highest BCUT2D eigenvalue weighted by Gasteiger charge is 2.75. The summed E-state index contributed by atoms with van der Waals surface area (Å²) in [5, 5.41) is 9.28. The molecule has 0 aromatic rings. The summed E-state index contributed by atoms with van der Waals surface area (Å²) in [4.78, 5) is 23.7. The highest BCUT2D eigenvalue weighted by Crippen LogP contribution is 2.67. The molecule has 2 aliphatic carbocycles. The molecule has 0 aromatic heterocycles. The first kappa shape index (κ1) is 13.1. The average Bonchev–Trinajstić information content (AvgIpc) is 2.49. The van der Waals surface area contributed by atoms with Gasteiger partial charge in [-0.05, 0) is 38.0 Å². The summed E-state index contributed by atoms with van der Waals surface area (Å²) in [5.41, 5.74) is -0.751. The van der Waals surface area contributed by atoms with Gasteiger partial charge in [-0.25, -0.2) is 0 Å². The molecule has 2 bridgehead atoms. The summed E-state index contributed by atoms with van der Waals surface area (Å²) in [6, 6.07) is 0. The summed E-state index contributed by atoms with van der Waals surface area (Å²) in [7, 11) is 0. The normalized spacial score (nSPS) is 50.1. The molecular weight excluding hydrogens is 244 g/mol. The number of Topliss-reactive ketones (excluding diaryl/α,β-unsaturated/α-hetero) is 1. The molecule has 0 radical (unpaired) electrons. The number of carboxylic acids is 1. The largest absolute Gasteiger partial charge is 0.481 e. The van der Waals surface area contributed by atoms with Crippen molar-refractivity contribution in [1.29, 1.82) is 0 Å². The SMILES string of the molecule is CC(C(=O)O)C1CCC(C)C23CCC(=O)C2(C)C1O3. The van der Waals surface area contributed by atoms with Gasteiger partial charge in [-0.1, -0.05) is 13.8 Å². The Balaban J connectivity index is 1.99. The van der Waals surface area contributed by atoms with Gasteiger partial charge in [0.15, 0.2) is 0 Å². The number of aliphatic carboxylic acids is 1. The van der Waals surface area contributed by atoms with Crippen molar-refractivity contribution in [3.63, 3.8) is 0 Å². The van der Waals surface area contributed by atoms with E-state index in [2.05, 4.69) is 6.92 Å². The fourth-order valence-electron chi connectivity index (χ4n) is 4.83. The lowest BCUT2D eigenvalue weighted by Crippen LogP contribution is -2.70. The molecule has 3 rings (SSSR count). The van der Waals surface area contributed by atoms with Crippen LogP contribution in [0.1, 0.15) is 46.5 Å². The van der Waals surface area contributed by atoms with Crippen LogP contribution in [0.15, 0.2) is 0 Å². The van der Waals surface area contributed by atoms with Crippen LogP contribution in [0.25, 0.3) is 0 Å². The van der Waals surface area contributed by atoms with E-state index in [0.29, 0.717) is 12.3 Å². The van der Waals surface area contributed by atoms with Gasteiger partial charge >= 0.3 is 5.97 Å². The zero-order valence-corrected chi connectivity index (χ0v) is 11.8. The summed E-state index contributed by atoms with van der Waals surface area (Å²) in [5.74, 6) is -0.651. The van der Waals surface area contributed by atoms with E-state index in [1.165, 1.54) is 0 Å². The standard InChI is InChI=1S/C15H22O4/c1-8-4-5-10(9(2)13(17)18)12-14(3)11(16)6-7-15(8,14)19-12/h8-10,12H,4-7H2,1-3H3,(H,17,18). The average molecular weight is 266 g/mol. The second-order valence-corrected chi connectivity index (χ2v) is 6.82. The van der Waals surface area contributed by atoms with Crippen molar-refractivity contribution in [2.45, 2.75) is 58.2 Å². The summed E-state index contributed by atoms with van der Waals surface area (Å²) in [6.45, 7) is 5.91. The van der Waals surface area contributed by atoms with Gasteiger partial charge in [0, 0.05) is 6.42 Å². The van der Waals surface area contributed by atoms with E-state index >= 15 is 0 Å². The van der Waals surface area contributed by atoms with Gasteiger partial charge in [-0.15, -0.1) is 0 Å². The number of hydrogen-bond donors (Lipinski definition) is 1. The Morgan fingerprint density at radius 2 is 2.16 bits per heavy atom. The third-order valence-electron chi connectivity index (χ3n) is 6.24. The van der Waals surface area contributed by atoms with E-state index in [-0.39, 0.29) is 23.4 Å². The van der Waals surface area contributed by atoms with Crippen molar-refractivity contribution in [3.8, 4) is 0 Å². The van der Waals surface area contributed by atoms with Crippen molar-refractivity contribution in [3.05, 3.63) is 0 Å². The van der Waals surface area contributed by atoms with Crippen molar-refractivity contribution in [2.24, 2.45) is 23.2 Å². The van der Waals surface area contributed by atoms with Crippen LogP contribution in [-0.4, -0.2) is 28.6 Å². The van der Waals surface area contributed by atoms with Crippen LogP contribution in [0.3, 0.4) is 0 Å². The first-order valence-corrected chi connectivity index (χ1v) is 7.28. The minimum atomic E-state index is -0.783. The molecule has 4 nitrogen and oxygen atoms in total. The third-order valence-corrected chi connectivity index (χ3v) is 6.24. The lowest BCUT2D eigenvalue weighted by Gasteiger charge is -2.61. The zero-order valence-electron chi connectivity index (χ0n) is 11.8. The fraction of sp³-hybridized carbons (Fsp3) is 0.867. The predicted octanol–water partition coefficient (Wildman–Crippen LogP) is 2.26. The van der Waals surface area contributed by atoms with Crippen LogP contribution in [0, 0.1) is 23.2 Å². The molecule has 106 valence electrons. The quantitative estimate of drug-likeness (QED) is 0.832. The third kappa shape index (κ3) is 1.33. The zero-order chi connectivity index (χ0) is 14.0. The minimum absolute atomic E-state index is 0.0392. The van der Waals surface area contributed by atoms with Crippen LogP contribution in [0.2, 0.25) is 0 Å². The van der Waals surface area contributed by atoms with E-state index < -0.39 is 17.3 Å². The van der Waals surface area contributed by atoms with E-state index in [9.17, 15) is 14.7 Å². The Hall–Kier alpha value is -0.900. The molecule has 1 saturated heterocycles. The van der Waals surface area contributed by atoms with Crippen LogP contribution >= 0.6 is 0 Å². The molecule has 4 heteroatoms. The molecule has 1 heterocycles. The van der Waals surface area contributed by atoms with E-state index in [1.54, 1.807) is 6.92 Å². The molecule has 19 heavy (non-hydrogen) atoms. The lowest BCUT2D eigenvalue weighted by molar-refractivity contribution is -0.314. The molecule has 3 fully saturated rings. The van der Waals surface area contributed by atoms with Gasteiger partial charge in [0.25, 0.3) is 0 Å². The number of ether oxygens (including phenoxy) is 1. The van der Waals surface area contributed by atoms with Gasteiger partial charge in [0.2, 0.25) is 0 Å². The van der Waals surface area contributed by atoms with Crippen molar-refractivity contribution in [2.75, 3.05) is 0 Å². The monoisotopic (exact) mass is 266 g/mol. The van der Waals surface area contributed by atoms with Gasteiger partial charge in [-0.2, -0.15) is 0 Å². The first-order valence-electron chi connectivity index (χ1n) is 7.28. The summed E-state index contributed by atoms with van der Waals surface area (Å²) in [6.07, 6.45) is 3.02. The molecule has 6 unspecified atom stereocenters. The van der Waals surface area contributed by atoms with Gasteiger partial charge in [0.1, 0.15) is 5.78 Å². The van der Waals surface area contributed by atoms with Crippen LogP contribution in [0.5, 0.6) is 0 Å². The van der Waals surface area contributed by atoms with Gasteiger partial charge in [-0.3, -0.25) is 9.59 Å². The summed E-state index contributed by atoms with van der Waals surface area (Å²) < 4.78 is 6.20. The summed E-state index contributed by atoms with van der Waals surface area (Å²) >= 11 is 0. The van der Waals surface area contributed by atoms with Gasteiger partial charge < -0.3 is 9.84 Å². The van der Waals surface area contributed by atoms with Crippen LogP contribution < -0.4 is 0 Å². The first-order chi connectivity index (χ1) is 8.84. The number of carbonyl (C=O) groups excluding carboxylic acids is 1. The van der Waals surface area contributed by atoms with Crippen molar-refractivity contribution in [1.82, 2.24) is 0 Å². The van der Waals surface area contributed by atoms with Gasteiger partial charge in [0.05, 0.1) is 23.0 Å². The maximum absolute atomic E-state index is 12.4. The number of carboxylic acid groups (broad SMARTS) is 1. The number of carbonyl (C=O) groups is 2. The molecule has 1 aliphatic heterocycles. The molecule has 6 atom stereocenters. The van der Waals surface area contributed by atoms with Crippen LogP contribution in [-0.2, 0) is 14.3 Å². The molecule has 3 aliphatic rings. The smallest absolute Gasteiger partial charge is 0.306 e. The molecule has 0 amide bonds. The minimum Gasteiger partial charge on any atom is -0.481 e. The number of ketones is 1. The van der Waals surface area contributed by atoms with Crippen molar-refractivity contribution < 1.29 is 19.4 Å². The number of hydrogen-bond acceptors (Lipinski definition) is 3. The Labute approximate surface area is 113 Å². The van der Waals surface area contributed by atoms with E-state index in [1.807, 2.05) is 6.92 Å². The number of rotatable bonds is 2. The Bertz CT molecular complexity index is 445. The highest BCUT2D eigenvalue weighted by atomic mass is 16.5. The predicted molar refractivity (Wildman–Crippen MR) is 68.6 cm³/mol. The second-order valence-electron chi connectivity index (χ2n) is 6.82. The molecule has 1 N–H and O–H groups in total. The Morgan fingerprint density at radius 1 is 1.47 bits per heavy atom. The lowest BCUT2D eigenvalue weighted by atomic mass is 9.59. The highest BCUT2D eigenvalue weighted by molar-refractivity contribution is 5.91. The Kier molecular flexibility index (Phi) is 2.63. The maximum atomic E-state index is 12.4. The van der Waals surface area contributed by atoms with Crippen LogP contribution in [0.4, 0.5) is 0 Å². The Morgan fingerprint density at radius 3 is 2.79 bits per heavy atom. The second kappa shape index (κ2) is 3.81.